The second-order valence-corrected chi connectivity index (χ2v) is 14.3. The molecule has 0 fully saturated rings. The van der Waals surface area contributed by atoms with Crippen LogP contribution in [0.1, 0.15) is 42.5 Å². The molecule has 0 atom stereocenters. The molecule has 0 spiro atoms. The normalized spacial score (nSPS) is 11.4. The summed E-state index contributed by atoms with van der Waals surface area (Å²) >= 11 is 0. The molecule has 5 N–H and O–H groups in total. The summed E-state index contributed by atoms with van der Waals surface area (Å²) in [7, 11) is 0. The number of nitrogens with zero attached hydrogens (tertiary/aromatic N) is 2. The number of aromatic nitrogens is 4. The Balaban J connectivity index is 0.00000220. The summed E-state index contributed by atoms with van der Waals surface area (Å²) in [4.78, 5) is 16.7. The van der Waals surface area contributed by atoms with Gasteiger partial charge in [0.25, 0.3) is 0 Å². The van der Waals surface area contributed by atoms with Crippen molar-refractivity contribution in [2.24, 2.45) is 0 Å². The van der Waals surface area contributed by atoms with E-state index in [1.807, 2.05) is 25.1 Å². The minimum absolute atomic E-state index is 0. The smallest absolute Gasteiger partial charge is 0.204 e. The quantitative estimate of drug-likeness (QED) is 0.0587. The molecule has 0 radical (unpaired) electrons. The van der Waals surface area contributed by atoms with Crippen molar-refractivity contribution in [3.8, 4) is 67.5 Å². The largest absolute Gasteiger partial charge is 0.508 e. The number of fused-ring (bicyclic) bond motifs is 8. The Bertz CT molecular complexity index is 3060. The molecule has 7 aromatic rings. The number of ether oxygens (including phenoxy) is 1. The molecule has 0 aliphatic carbocycles. The van der Waals surface area contributed by atoms with Crippen LogP contribution in [-0.4, -0.2) is 41.9 Å². The van der Waals surface area contributed by atoms with Crippen molar-refractivity contribution in [2.45, 2.75) is 19.8 Å². The number of hydrogen-bond acceptors (Lipinski definition) is 6. The Labute approximate surface area is 448 Å². The molecule has 9 rings (SSSR count). The molecule has 0 unspecified atom stereocenters. The van der Waals surface area contributed by atoms with Crippen LogP contribution >= 0.6 is 0 Å². The molecule has 5 heterocycles. The predicted molar refractivity (Wildman–Crippen MR) is 226 cm³/mol. The van der Waals surface area contributed by atoms with Crippen LogP contribution in [-0.2, 0) is 0 Å². The number of phenolic OH excluding ortho intramolecular Hbond substituents is 3. The summed E-state index contributed by atoms with van der Waals surface area (Å²) in [5.41, 5.74) is 4.75. The summed E-state index contributed by atoms with van der Waals surface area (Å²) in [6.45, 7) is 1.68. The zero-order chi connectivity index (χ0) is 41.7. The molecule has 8 bridgehead atoms. The monoisotopic (exact) mass is 926 g/mol. The van der Waals surface area contributed by atoms with Gasteiger partial charge in [-0.15, -0.1) is 0 Å². The number of hydrogen-bond donors (Lipinski definition) is 5. The number of rotatable bonds is 8. The van der Waals surface area contributed by atoms with Gasteiger partial charge < -0.3 is 30.0 Å². The number of aromatic amines is 2. The minimum Gasteiger partial charge on any atom is -0.508 e. The number of benzene rings is 4. The Morgan fingerprint density at radius 3 is 1.17 bits per heavy atom. The maximum Gasteiger partial charge on any atom is 0.204 e. The number of nitrogens with one attached hydrogen (secondary N) is 2. The molecular formula is C48H34Ar3F4N4O4. The molecule has 0 saturated heterocycles. The predicted octanol–water partition coefficient (Wildman–Crippen LogP) is 12.2. The summed E-state index contributed by atoms with van der Waals surface area (Å²) in [5.74, 6) is -7.92. The van der Waals surface area contributed by atoms with E-state index in [1.54, 1.807) is 66.7 Å². The van der Waals surface area contributed by atoms with E-state index in [0.717, 1.165) is 0 Å². The maximum absolute atomic E-state index is 16.5. The van der Waals surface area contributed by atoms with Crippen molar-refractivity contribution in [1.82, 2.24) is 19.9 Å². The second-order valence-electron chi connectivity index (χ2n) is 14.3. The molecule has 4 aromatic carbocycles. The SMILES string of the molecule is CCCCOc1c(F)c(F)c(-c2c3nc(c(-c4cccc(O)c4)c4ccc([nH]4)c(-c4cccc(O)c4)c4nc(c(-c5cccc(O)c5)c5ccc2[nH]5)C=C4)C=C3)c(F)c1F.[Ar].[Ar].[Ar]. The summed E-state index contributed by atoms with van der Waals surface area (Å²) in [5, 5.41) is 31.8. The fourth-order valence-corrected chi connectivity index (χ4v) is 7.64. The van der Waals surface area contributed by atoms with Gasteiger partial charge >= 0.3 is 0 Å². The van der Waals surface area contributed by atoms with E-state index in [2.05, 4.69) is 9.97 Å². The van der Waals surface area contributed by atoms with Gasteiger partial charge in [-0.1, -0.05) is 49.7 Å². The average molecular weight is 927 g/mol. The third-order valence-electron chi connectivity index (χ3n) is 10.4. The fraction of sp³-hybridized carbons (Fsp3) is 0.0833. The van der Waals surface area contributed by atoms with Crippen LogP contribution in [0.3, 0.4) is 0 Å². The average Bonchev–Trinajstić information content (AvgIpc) is 4.08. The van der Waals surface area contributed by atoms with Crippen LogP contribution in [0.5, 0.6) is 23.0 Å². The van der Waals surface area contributed by atoms with Crippen LogP contribution in [0.15, 0.2) is 97.1 Å². The Kier molecular flexibility index (Phi) is 15.9. The van der Waals surface area contributed by atoms with Crippen molar-refractivity contribution < 1.29 is 151 Å². The van der Waals surface area contributed by atoms with Crippen LogP contribution in [0.2, 0.25) is 0 Å². The van der Waals surface area contributed by atoms with Crippen molar-refractivity contribution in [3.05, 3.63) is 143 Å². The molecule has 2 aliphatic heterocycles. The van der Waals surface area contributed by atoms with E-state index < -0.39 is 34.6 Å². The van der Waals surface area contributed by atoms with Crippen molar-refractivity contribution in [2.75, 3.05) is 6.61 Å². The summed E-state index contributed by atoms with van der Waals surface area (Å²) in [6.07, 6.45) is 7.71. The summed E-state index contributed by atoms with van der Waals surface area (Å²) in [6, 6.07) is 26.5. The van der Waals surface area contributed by atoms with E-state index in [9.17, 15) is 15.3 Å². The molecule has 322 valence electrons. The van der Waals surface area contributed by atoms with Crippen molar-refractivity contribution in [3.63, 3.8) is 0 Å². The second kappa shape index (κ2) is 20.6. The van der Waals surface area contributed by atoms with E-state index >= 15 is 17.6 Å². The molecular weight excluding hydrogens is 892 g/mol. The molecule has 0 saturated carbocycles. The zero-order valence-electron chi connectivity index (χ0n) is 32.9. The van der Waals surface area contributed by atoms with E-state index in [-0.39, 0.29) is 154 Å². The molecule has 0 amide bonds. The molecule has 3 aromatic heterocycles. The van der Waals surface area contributed by atoms with Gasteiger partial charge in [-0.3, -0.25) is 0 Å². The maximum atomic E-state index is 16.5. The third-order valence-corrected chi connectivity index (χ3v) is 10.4. The van der Waals surface area contributed by atoms with Gasteiger partial charge in [0.1, 0.15) is 17.2 Å². The van der Waals surface area contributed by atoms with Crippen LogP contribution in [0.4, 0.5) is 17.6 Å². The summed E-state index contributed by atoms with van der Waals surface area (Å²) < 4.78 is 69.9. The van der Waals surface area contributed by atoms with Gasteiger partial charge in [0.15, 0.2) is 17.4 Å². The van der Waals surface area contributed by atoms with Gasteiger partial charge in [-0.05, 0) is 108 Å². The fourth-order valence-electron chi connectivity index (χ4n) is 7.64. The van der Waals surface area contributed by atoms with Gasteiger partial charge in [0.05, 0.1) is 34.9 Å². The number of aromatic hydroxyl groups is 3. The topological polar surface area (TPSA) is 127 Å². The zero-order valence-corrected chi connectivity index (χ0v) is 35.0. The standard InChI is InChI=1S/C48H34F4N4O4.3Ar/c1-2-3-21-60-48-46(51)44(49)43(45(50)47(48)52)42-37-19-17-35(55-37)40(26-8-5-11-29(58)23-26)33-15-13-31(53-33)39(25-7-4-10-28(57)22-25)32-14-16-34(54-32)41(36-18-20-38(42)56-36)27-9-6-12-30(59)24-27;;;/h4-20,22-24,53,56-59H,2-3,21H2,1H3;;;. The first kappa shape index (κ1) is 48.6. The number of phenols is 3. The Morgan fingerprint density at radius 1 is 0.476 bits per heavy atom. The number of unbranched alkanes of at least 4 members (excludes halogenated alkanes) is 1. The van der Waals surface area contributed by atoms with Gasteiger partial charge in [-0.2, -0.15) is 8.78 Å². The molecule has 63 heavy (non-hydrogen) atoms. The Morgan fingerprint density at radius 2 is 0.825 bits per heavy atom. The van der Waals surface area contributed by atoms with Gasteiger partial charge in [-0.25, -0.2) is 18.7 Å². The van der Waals surface area contributed by atoms with Crippen molar-refractivity contribution >= 4 is 46.4 Å². The van der Waals surface area contributed by atoms with E-state index in [1.165, 1.54) is 36.4 Å². The first-order chi connectivity index (χ1) is 29.1. The third kappa shape index (κ3) is 9.48. The molecule has 8 nitrogen and oxygen atoms in total. The van der Waals surface area contributed by atoms with Crippen LogP contribution in [0, 0.1) is 136 Å². The van der Waals surface area contributed by atoms with Crippen LogP contribution in [0.25, 0.3) is 90.9 Å². The Hall–Kier alpha value is -3.82. The first-order valence-corrected chi connectivity index (χ1v) is 19.1. The molecule has 15 heteroatoms. The molecule has 2 aliphatic rings. The van der Waals surface area contributed by atoms with Crippen LogP contribution < -0.4 is 4.74 Å². The number of halogens is 4. The number of H-pyrrole nitrogens is 2. The van der Waals surface area contributed by atoms with E-state index in [0.29, 0.717) is 79.9 Å². The van der Waals surface area contributed by atoms with Gasteiger partial charge in [0, 0.05) is 158 Å². The van der Waals surface area contributed by atoms with E-state index in [4.69, 9.17) is 14.7 Å². The van der Waals surface area contributed by atoms with Crippen molar-refractivity contribution in [1.29, 1.82) is 0 Å². The minimum atomic E-state index is -1.69. The van der Waals surface area contributed by atoms with Gasteiger partial charge in [0.2, 0.25) is 11.6 Å². The first-order valence-electron chi connectivity index (χ1n) is 19.1.